The number of anilines is 1. The molecule has 2 rings (SSSR count). The number of nitrogens with one attached hydrogen (secondary N) is 2. The number of H-pyrrole nitrogens is 1. The molecule has 0 amide bonds. The first kappa shape index (κ1) is 13.0. The Morgan fingerprint density at radius 3 is 2.95 bits per heavy atom. The van der Waals surface area contributed by atoms with Crippen molar-refractivity contribution in [2.24, 2.45) is 0 Å². The quantitative estimate of drug-likeness (QED) is 0.592. The lowest BCUT2D eigenvalue weighted by Crippen LogP contribution is -2.12. The molecule has 0 aliphatic rings. The van der Waals surface area contributed by atoms with Crippen LogP contribution in [0.2, 0.25) is 0 Å². The Morgan fingerprint density at radius 1 is 1.58 bits per heavy atom. The zero-order valence-electron chi connectivity index (χ0n) is 10.8. The van der Waals surface area contributed by atoms with Crippen LogP contribution in [0.3, 0.4) is 0 Å². The van der Waals surface area contributed by atoms with Crippen LogP contribution in [0.4, 0.5) is 11.5 Å². The molecule has 2 heterocycles. The van der Waals surface area contributed by atoms with Crippen LogP contribution >= 0.6 is 0 Å². The molecule has 0 fully saturated rings. The average Bonchev–Trinajstić information content (AvgIpc) is 2.97. The van der Waals surface area contributed by atoms with Gasteiger partial charge in [-0.15, -0.1) is 0 Å². The number of hydrogen-bond acceptors (Lipinski definition) is 6. The lowest BCUT2D eigenvalue weighted by molar-refractivity contribution is -0.384. The van der Waals surface area contributed by atoms with E-state index >= 15 is 0 Å². The number of nitrogens with zero attached hydrogens (tertiary/aromatic N) is 5. The van der Waals surface area contributed by atoms with Gasteiger partial charge in [-0.3, -0.25) is 15.2 Å². The van der Waals surface area contributed by atoms with Gasteiger partial charge in [-0.2, -0.15) is 10.2 Å². The molecule has 0 aliphatic heterocycles. The van der Waals surface area contributed by atoms with E-state index in [1.165, 1.54) is 6.33 Å². The normalized spacial score (nSPS) is 10.6. The van der Waals surface area contributed by atoms with Crippen molar-refractivity contribution < 1.29 is 4.92 Å². The van der Waals surface area contributed by atoms with E-state index in [9.17, 15) is 10.1 Å². The van der Waals surface area contributed by atoms with Crippen LogP contribution in [-0.2, 0) is 13.0 Å². The van der Waals surface area contributed by atoms with E-state index in [0.29, 0.717) is 31.0 Å². The first-order chi connectivity index (χ1) is 9.13. The smallest absolute Gasteiger partial charge is 0.333 e. The first-order valence-corrected chi connectivity index (χ1v) is 5.93. The van der Waals surface area contributed by atoms with Crippen molar-refractivity contribution in [3.05, 3.63) is 28.0 Å². The highest BCUT2D eigenvalue weighted by molar-refractivity contribution is 5.59. The van der Waals surface area contributed by atoms with Crippen LogP contribution < -0.4 is 5.32 Å². The summed E-state index contributed by atoms with van der Waals surface area (Å²) >= 11 is 0. The van der Waals surface area contributed by atoms with Crippen LogP contribution in [0.1, 0.15) is 18.4 Å². The summed E-state index contributed by atoms with van der Waals surface area (Å²) in [7, 11) is 0. The summed E-state index contributed by atoms with van der Waals surface area (Å²) in [5, 5.41) is 24.7. The molecular weight excluding hydrogens is 250 g/mol. The van der Waals surface area contributed by atoms with E-state index in [-0.39, 0.29) is 5.69 Å². The summed E-state index contributed by atoms with van der Waals surface area (Å²) < 4.78 is 1.59. The fourth-order valence-electron chi connectivity index (χ4n) is 1.84. The first-order valence-electron chi connectivity index (χ1n) is 5.93. The standard InChI is InChI=1S/C10H15N7O2/c1-3-16-10(9(17(18)19)7(2)15-16)11-5-4-8-12-6-13-14-8/h6,11H,3-5H2,1-2H3,(H,12,13,14). The highest BCUT2D eigenvalue weighted by Crippen LogP contribution is 2.27. The molecule has 0 spiro atoms. The number of hydrogen-bond donors (Lipinski definition) is 2. The second kappa shape index (κ2) is 5.46. The summed E-state index contributed by atoms with van der Waals surface area (Å²) in [6, 6.07) is 0. The van der Waals surface area contributed by atoms with E-state index in [4.69, 9.17) is 0 Å². The Balaban J connectivity index is 2.12. The van der Waals surface area contributed by atoms with E-state index in [1.54, 1.807) is 11.6 Å². The molecule has 19 heavy (non-hydrogen) atoms. The Bertz CT molecular complexity index is 561. The molecule has 0 unspecified atom stereocenters. The van der Waals surface area contributed by atoms with E-state index in [1.807, 2.05) is 6.92 Å². The molecule has 0 aromatic carbocycles. The summed E-state index contributed by atoms with van der Waals surface area (Å²) in [6.07, 6.45) is 2.03. The third-order valence-electron chi connectivity index (χ3n) is 2.70. The molecule has 0 bridgehead atoms. The minimum atomic E-state index is -0.411. The van der Waals surface area contributed by atoms with Gasteiger partial charge in [-0.1, -0.05) is 0 Å². The fraction of sp³-hybridized carbons (Fsp3) is 0.500. The van der Waals surface area contributed by atoms with E-state index in [2.05, 4.69) is 25.6 Å². The second-order valence-corrected chi connectivity index (χ2v) is 3.96. The topological polar surface area (TPSA) is 115 Å². The largest absolute Gasteiger partial charge is 0.364 e. The SMILES string of the molecule is CCn1nc(C)c([N+](=O)[O-])c1NCCc1ncn[nH]1. The zero-order valence-corrected chi connectivity index (χ0v) is 10.8. The molecule has 0 radical (unpaired) electrons. The number of aryl methyl sites for hydroxylation is 2. The molecule has 2 aromatic heterocycles. The van der Waals surface area contributed by atoms with Gasteiger partial charge in [0.15, 0.2) is 0 Å². The lowest BCUT2D eigenvalue weighted by Gasteiger charge is -2.06. The summed E-state index contributed by atoms with van der Waals surface area (Å²) in [6.45, 7) is 4.60. The zero-order chi connectivity index (χ0) is 13.8. The number of aromatic nitrogens is 5. The van der Waals surface area contributed by atoms with Crippen LogP contribution in [0.5, 0.6) is 0 Å². The van der Waals surface area contributed by atoms with Crippen LogP contribution in [0, 0.1) is 17.0 Å². The van der Waals surface area contributed by atoms with Gasteiger partial charge in [-0.25, -0.2) is 9.67 Å². The molecule has 0 atom stereocenters. The molecule has 2 N–H and O–H groups in total. The van der Waals surface area contributed by atoms with Crippen molar-refractivity contribution in [1.82, 2.24) is 25.0 Å². The molecular formula is C10H15N7O2. The number of rotatable bonds is 6. The van der Waals surface area contributed by atoms with Crippen LogP contribution in [0.25, 0.3) is 0 Å². The van der Waals surface area contributed by atoms with Gasteiger partial charge in [0.2, 0.25) is 5.82 Å². The minimum absolute atomic E-state index is 0.0272. The predicted molar refractivity (Wildman–Crippen MR) is 67.9 cm³/mol. The highest BCUT2D eigenvalue weighted by Gasteiger charge is 2.24. The third-order valence-corrected chi connectivity index (χ3v) is 2.70. The van der Waals surface area contributed by atoms with Crippen molar-refractivity contribution in [1.29, 1.82) is 0 Å². The van der Waals surface area contributed by atoms with Gasteiger partial charge in [0.25, 0.3) is 0 Å². The highest BCUT2D eigenvalue weighted by atomic mass is 16.6. The average molecular weight is 265 g/mol. The third kappa shape index (κ3) is 2.69. The van der Waals surface area contributed by atoms with Gasteiger partial charge in [0.05, 0.1) is 4.92 Å². The van der Waals surface area contributed by atoms with Crippen LogP contribution in [-0.4, -0.2) is 36.4 Å². The number of nitro groups is 1. The summed E-state index contributed by atoms with van der Waals surface area (Å²) in [5.41, 5.74) is 0.438. The molecule has 0 saturated heterocycles. The van der Waals surface area contributed by atoms with Crippen molar-refractivity contribution in [2.45, 2.75) is 26.8 Å². The molecule has 0 saturated carbocycles. The van der Waals surface area contributed by atoms with Crippen molar-refractivity contribution in [3.8, 4) is 0 Å². The Hall–Kier alpha value is -2.45. The Labute approximate surface area is 109 Å². The predicted octanol–water partition coefficient (Wildman–Crippen LogP) is 0.892. The molecule has 9 heteroatoms. The Kier molecular flexibility index (Phi) is 3.74. The van der Waals surface area contributed by atoms with Crippen molar-refractivity contribution in [2.75, 3.05) is 11.9 Å². The maximum atomic E-state index is 11.0. The number of aromatic amines is 1. The Morgan fingerprint density at radius 2 is 2.37 bits per heavy atom. The van der Waals surface area contributed by atoms with Crippen molar-refractivity contribution >= 4 is 11.5 Å². The lowest BCUT2D eigenvalue weighted by atomic mass is 10.3. The molecule has 0 aliphatic carbocycles. The monoisotopic (exact) mass is 265 g/mol. The van der Waals surface area contributed by atoms with E-state index in [0.717, 1.165) is 5.82 Å². The maximum Gasteiger partial charge on any atom is 0.333 e. The molecule has 2 aromatic rings. The maximum absolute atomic E-state index is 11.0. The van der Waals surface area contributed by atoms with Crippen molar-refractivity contribution in [3.63, 3.8) is 0 Å². The second-order valence-electron chi connectivity index (χ2n) is 3.96. The fourth-order valence-corrected chi connectivity index (χ4v) is 1.84. The van der Waals surface area contributed by atoms with E-state index < -0.39 is 4.92 Å². The minimum Gasteiger partial charge on any atom is -0.364 e. The summed E-state index contributed by atoms with van der Waals surface area (Å²) in [4.78, 5) is 14.6. The summed E-state index contributed by atoms with van der Waals surface area (Å²) in [5.74, 6) is 1.17. The van der Waals surface area contributed by atoms with Crippen LogP contribution in [0.15, 0.2) is 6.33 Å². The van der Waals surface area contributed by atoms with Gasteiger partial charge in [0.1, 0.15) is 17.8 Å². The molecule has 102 valence electrons. The van der Waals surface area contributed by atoms with Gasteiger partial charge >= 0.3 is 5.69 Å². The molecule has 9 nitrogen and oxygen atoms in total. The van der Waals surface area contributed by atoms with Gasteiger partial charge < -0.3 is 5.32 Å². The van der Waals surface area contributed by atoms with Gasteiger partial charge in [-0.05, 0) is 13.8 Å². The van der Waals surface area contributed by atoms with Gasteiger partial charge in [0, 0.05) is 19.5 Å².